The fraction of sp³-hybridized carbons (Fsp3) is 0.138. The smallest absolute Gasteiger partial charge is 0.314 e. The Hall–Kier alpha value is -3.83. The monoisotopic (exact) mass is 404 g/mol. The lowest BCUT2D eigenvalue weighted by molar-refractivity contribution is -0.142. The van der Waals surface area contributed by atoms with Gasteiger partial charge in [0.2, 0.25) is 0 Å². The number of hydrogen-bond acceptors (Lipinski definition) is 2. The van der Waals surface area contributed by atoms with E-state index in [1.54, 1.807) is 0 Å². The Bertz CT molecular complexity index is 1160. The number of carbonyl (C=O) groups is 1. The van der Waals surface area contributed by atoms with Crippen molar-refractivity contribution in [1.82, 2.24) is 0 Å². The first-order valence-corrected chi connectivity index (χ1v) is 10.5. The fourth-order valence-corrected chi connectivity index (χ4v) is 3.95. The third-order valence-corrected chi connectivity index (χ3v) is 5.72. The van der Waals surface area contributed by atoms with Crippen molar-refractivity contribution in [2.45, 2.75) is 18.8 Å². The maximum atomic E-state index is 12.7. The van der Waals surface area contributed by atoms with Gasteiger partial charge >= 0.3 is 5.97 Å². The summed E-state index contributed by atoms with van der Waals surface area (Å²) in [4.78, 5) is 12.7. The van der Waals surface area contributed by atoms with Crippen LogP contribution in [-0.2, 0) is 4.79 Å². The molecule has 4 aromatic rings. The Morgan fingerprint density at radius 3 is 1.97 bits per heavy atom. The predicted molar refractivity (Wildman–Crippen MR) is 126 cm³/mol. The molecule has 0 heterocycles. The molecular weight excluding hydrogens is 380 g/mol. The summed E-state index contributed by atoms with van der Waals surface area (Å²) in [6.07, 6.45) is 7.47. The van der Waals surface area contributed by atoms with E-state index in [4.69, 9.17) is 11.2 Å². The molecular formula is C29H24O2. The second kappa shape index (κ2) is 9.78. The van der Waals surface area contributed by atoms with Crippen LogP contribution in [0.25, 0.3) is 10.8 Å². The summed E-state index contributed by atoms with van der Waals surface area (Å²) < 4.78 is 5.78. The number of ether oxygens (including phenoxy) is 1. The molecule has 5 rings (SSSR count). The minimum Gasteiger partial charge on any atom is -0.426 e. The molecule has 1 unspecified atom stereocenters. The number of esters is 1. The molecule has 0 bridgehead atoms. The third kappa shape index (κ3) is 4.68. The second-order valence-electron chi connectivity index (χ2n) is 7.58. The van der Waals surface area contributed by atoms with Gasteiger partial charge in [-0.25, -0.2) is 0 Å². The summed E-state index contributed by atoms with van der Waals surface area (Å²) in [5, 5.41) is 1.81. The Labute approximate surface area is 183 Å². The summed E-state index contributed by atoms with van der Waals surface area (Å²) in [7, 11) is 0. The highest BCUT2D eigenvalue weighted by Gasteiger charge is 2.38. The number of rotatable bonds is 3. The van der Waals surface area contributed by atoms with Crippen LogP contribution in [0.1, 0.15) is 29.9 Å². The zero-order chi connectivity index (χ0) is 21.5. The molecule has 1 fully saturated rings. The van der Waals surface area contributed by atoms with Gasteiger partial charge in [-0.1, -0.05) is 96.9 Å². The van der Waals surface area contributed by atoms with Crippen molar-refractivity contribution in [1.29, 1.82) is 0 Å². The van der Waals surface area contributed by atoms with Crippen LogP contribution < -0.4 is 4.74 Å². The predicted octanol–water partition coefficient (Wildman–Crippen LogP) is 6.61. The van der Waals surface area contributed by atoms with Crippen molar-refractivity contribution in [2.24, 2.45) is 5.92 Å². The molecule has 0 amide bonds. The van der Waals surface area contributed by atoms with Crippen molar-refractivity contribution >= 4 is 16.7 Å². The molecule has 0 aliphatic heterocycles. The molecule has 2 nitrogen and oxygen atoms in total. The first-order valence-electron chi connectivity index (χ1n) is 10.5. The molecule has 31 heavy (non-hydrogen) atoms. The number of carbonyl (C=O) groups excluding carboxylic acids is 1. The lowest BCUT2D eigenvalue weighted by Crippen LogP contribution is -2.34. The van der Waals surface area contributed by atoms with E-state index >= 15 is 0 Å². The van der Waals surface area contributed by atoms with Gasteiger partial charge in [-0.2, -0.15) is 0 Å². The van der Waals surface area contributed by atoms with Gasteiger partial charge in [0, 0.05) is 16.3 Å². The van der Waals surface area contributed by atoms with Crippen LogP contribution >= 0.6 is 0 Å². The molecule has 2 atom stereocenters. The SMILES string of the molecule is C#Cc1cccc2c(OC(=O)[C@@H]3CCC3c3ccccc3)cccc12.c1ccccc1. The molecule has 0 radical (unpaired) electrons. The largest absolute Gasteiger partial charge is 0.426 e. The molecule has 2 heteroatoms. The average Bonchev–Trinajstić information content (AvgIpc) is 2.80. The van der Waals surface area contributed by atoms with Crippen molar-refractivity contribution < 1.29 is 9.53 Å². The van der Waals surface area contributed by atoms with E-state index in [2.05, 4.69) is 18.1 Å². The van der Waals surface area contributed by atoms with Gasteiger partial charge in [0.1, 0.15) is 5.75 Å². The van der Waals surface area contributed by atoms with E-state index < -0.39 is 0 Å². The molecule has 0 aromatic heterocycles. The van der Waals surface area contributed by atoms with Gasteiger partial charge in [0.15, 0.2) is 0 Å². The number of hydrogen-bond donors (Lipinski definition) is 0. The van der Waals surface area contributed by atoms with Gasteiger partial charge in [-0.05, 0) is 36.5 Å². The van der Waals surface area contributed by atoms with Gasteiger partial charge in [-0.3, -0.25) is 4.79 Å². The zero-order valence-corrected chi connectivity index (χ0v) is 17.3. The van der Waals surface area contributed by atoms with Crippen LogP contribution in [0.2, 0.25) is 0 Å². The summed E-state index contributed by atoms with van der Waals surface area (Å²) in [6.45, 7) is 0. The van der Waals surface area contributed by atoms with Gasteiger partial charge in [0.05, 0.1) is 5.92 Å². The minimum atomic E-state index is -0.154. The molecule has 1 saturated carbocycles. The lowest BCUT2D eigenvalue weighted by Gasteiger charge is -2.35. The van der Waals surface area contributed by atoms with Crippen LogP contribution in [-0.4, -0.2) is 5.97 Å². The summed E-state index contributed by atoms with van der Waals surface area (Å²) >= 11 is 0. The van der Waals surface area contributed by atoms with Crippen LogP contribution in [0.4, 0.5) is 0 Å². The van der Waals surface area contributed by atoms with E-state index in [-0.39, 0.29) is 17.8 Å². The van der Waals surface area contributed by atoms with E-state index in [0.29, 0.717) is 5.75 Å². The molecule has 0 saturated heterocycles. The quantitative estimate of drug-likeness (QED) is 0.218. The van der Waals surface area contributed by atoms with Crippen molar-refractivity contribution in [3.05, 3.63) is 114 Å². The van der Waals surface area contributed by atoms with Crippen LogP contribution in [0.5, 0.6) is 5.75 Å². The maximum absolute atomic E-state index is 12.7. The molecule has 0 N–H and O–H groups in total. The normalized spacial score (nSPS) is 16.9. The first-order chi connectivity index (χ1) is 15.3. The zero-order valence-electron chi connectivity index (χ0n) is 17.3. The van der Waals surface area contributed by atoms with E-state index in [9.17, 15) is 4.79 Å². The van der Waals surface area contributed by atoms with Crippen LogP contribution in [0.15, 0.2) is 103 Å². The Balaban J connectivity index is 0.000000334. The van der Waals surface area contributed by atoms with Crippen LogP contribution in [0, 0.1) is 18.3 Å². The topological polar surface area (TPSA) is 26.3 Å². The fourth-order valence-electron chi connectivity index (χ4n) is 3.95. The van der Waals surface area contributed by atoms with Crippen molar-refractivity contribution in [3.63, 3.8) is 0 Å². The molecule has 1 aliphatic carbocycles. The van der Waals surface area contributed by atoms with Crippen LogP contribution in [0.3, 0.4) is 0 Å². The third-order valence-electron chi connectivity index (χ3n) is 5.72. The summed E-state index contributed by atoms with van der Waals surface area (Å²) in [5.74, 6) is 3.29. The Morgan fingerprint density at radius 2 is 1.35 bits per heavy atom. The Kier molecular flexibility index (Phi) is 6.45. The van der Waals surface area contributed by atoms with E-state index in [1.165, 1.54) is 5.56 Å². The molecule has 0 spiro atoms. The van der Waals surface area contributed by atoms with Gasteiger partial charge in [0.25, 0.3) is 0 Å². The second-order valence-corrected chi connectivity index (χ2v) is 7.58. The minimum absolute atomic E-state index is 0.0755. The first kappa shape index (κ1) is 20.4. The highest BCUT2D eigenvalue weighted by atomic mass is 16.5. The summed E-state index contributed by atoms with van der Waals surface area (Å²) in [5.41, 5.74) is 2.02. The molecule has 1 aliphatic rings. The Morgan fingerprint density at radius 1 is 0.742 bits per heavy atom. The van der Waals surface area contributed by atoms with E-state index in [0.717, 1.165) is 29.2 Å². The van der Waals surface area contributed by atoms with E-state index in [1.807, 2.05) is 91.0 Å². The average molecular weight is 405 g/mol. The number of terminal acetylenes is 1. The summed E-state index contributed by atoms with van der Waals surface area (Å²) in [6, 6.07) is 33.6. The highest BCUT2D eigenvalue weighted by Crippen LogP contribution is 2.43. The lowest BCUT2D eigenvalue weighted by atomic mass is 9.70. The number of benzene rings is 4. The van der Waals surface area contributed by atoms with Crippen molar-refractivity contribution in [2.75, 3.05) is 0 Å². The highest BCUT2D eigenvalue weighted by molar-refractivity contribution is 5.94. The molecule has 4 aromatic carbocycles. The maximum Gasteiger partial charge on any atom is 0.314 e. The van der Waals surface area contributed by atoms with Crippen molar-refractivity contribution in [3.8, 4) is 18.1 Å². The standard InChI is InChI=1S/C23H18O2.C6H6/c1-2-16-10-6-12-20-18(16)11-7-13-22(20)25-23(24)21-15-14-19(21)17-8-4-3-5-9-17;1-2-4-6-5-3-1/h1,3-13,19,21H,14-15H2;1-6H/t19?,21-;/m1./s1. The van der Waals surface area contributed by atoms with Gasteiger partial charge in [-0.15, -0.1) is 6.42 Å². The molecule has 152 valence electrons. The van der Waals surface area contributed by atoms with Gasteiger partial charge < -0.3 is 4.74 Å². The number of fused-ring (bicyclic) bond motifs is 1.